The van der Waals surface area contributed by atoms with E-state index in [1.807, 2.05) is 26.2 Å². The Morgan fingerprint density at radius 2 is 2.15 bits per heavy atom. The molecule has 0 fully saturated rings. The molecule has 1 amide bonds. The molecule has 0 bridgehead atoms. The summed E-state index contributed by atoms with van der Waals surface area (Å²) in [4.78, 5) is 13.9. The van der Waals surface area contributed by atoms with E-state index < -0.39 is 0 Å². The Kier molecular flexibility index (Phi) is 4.79. The quantitative estimate of drug-likeness (QED) is 0.789. The molecule has 2 aromatic rings. The molecular formula is C14H18N4OS. The van der Waals surface area contributed by atoms with E-state index in [9.17, 15) is 4.79 Å². The smallest absolute Gasteiger partial charge is 0.233 e. The van der Waals surface area contributed by atoms with Crippen LogP contribution in [0.3, 0.4) is 0 Å². The van der Waals surface area contributed by atoms with Crippen molar-refractivity contribution in [1.82, 2.24) is 19.7 Å². The van der Waals surface area contributed by atoms with Gasteiger partial charge < -0.3 is 9.47 Å². The summed E-state index contributed by atoms with van der Waals surface area (Å²) >= 11 is 1.40. The molecular weight excluding hydrogens is 272 g/mol. The molecule has 0 N–H and O–H groups in total. The highest BCUT2D eigenvalue weighted by Gasteiger charge is 2.12. The van der Waals surface area contributed by atoms with Crippen LogP contribution in [0.1, 0.15) is 11.1 Å². The maximum Gasteiger partial charge on any atom is 0.233 e. The van der Waals surface area contributed by atoms with Crippen LogP contribution in [0.5, 0.6) is 0 Å². The van der Waals surface area contributed by atoms with Crippen molar-refractivity contribution < 1.29 is 4.79 Å². The van der Waals surface area contributed by atoms with E-state index in [2.05, 4.69) is 29.3 Å². The van der Waals surface area contributed by atoms with Crippen molar-refractivity contribution in [1.29, 1.82) is 0 Å². The van der Waals surface area contributed by atoms with Crippen LogP contribution < -0.4 is 0 Å². The number of rotatable bonds is 5. The van der Waals surface area contributed by atoms with Gasteiger partial charge in [-0.1, -0.05) is 36.0 Å². The first-order chi connectivity index (χ1) is 9.58. The van der Waals surface area contributed by atoms with Gasteiger partial charge in [-0.25, -0.2) is 0 Å². The van der Waals surface area contributed by atoms with Crippen molar-refractivity contribution in [2.75, 3.05) is 12.8 Å². The minimum absolute atomic E-state index is 0.0845. The van der Waals surface area contributed by atoms with E-state index in [-0.39, 0.29) is 5.91 Å². The second-order valence-electron chi connectivity index (χ2n) is 4.69. The van der Waals surface area contributed by atoms with Gasteiger partial charge >= 0.3 is 0 Å². The summed E-state index contributed by atoms with van der Waals surface area (Å²) in [6, 6.07) is 8.11. The summed E-state index contributed by atoms with van der Waals surface area (Å²) in [7, 11) is 3.69. The molecule has 0 unspecified atom stereocenters. The number of amides is 1. The van der Waals surface area contributed by atoms with E-state index in [4.69, 9.17) is 0 Å². The highest BCUT2D eigenvalue weighted by atomic mass is 32.2. The number of aryl methyl sites for hydroxylation is 2. The molecule has 0 saturated heterocycles. The summed E-state index contributed by atoms with van der Waals surface area (Å²) in [6.45, 7) is 2.69. The predicted octanol–water partition coefficient (Wildman–Crippen LogP) is 1.87. The number of thioether (sulfide) groups is 1. The third-order valence-electron chi connectivity index (χ3n) is 3.09. The first kappa shape index (κ1) is 14.6. The Labute approximate surface area is 123 Å². The Hall–Kier alpha value is -1.82. The molecule has 1 aromatic heterocycles. The number of nitrogens with zero attached hydrogens (tertiary/aromatic N) is 4. The summed E-state index contributed by atoms with van der Waals surface area (Å²) in [6.07, 6.45) is 1.63. The molecule has 0 atom stereocenters. The van der Waals surface area contributed by atoms with Gasteiger partial charge in [0.25, 0.3) is 0 Å². The number of benzene rings is 1. The zero-order valence-electron chi connectivity index (χ0n) is 11.9. The Morgan fingerprint density at radius 1 is 1.40 bits per heavy atom. The predicted molar refractivity (Wildman–Crippen MR) is 79.4 cm³/mol. The second-order valence-corrected chi connectivity index (χ2v) is 5.63. The first-order valence-corrected chi connectivity index (χ1v) is 7.31. The summed E-state index contributed by atoms with van der Waals surface area (Å²) in [5.74, 6) is 0.454. The molecule has 0 saturated carbocycles. The number of carbonyl (C=O) groups is 1. The average molecular weight is 290 g/mol. The molecule has 1 aromatic carbocycles. The third-order valence-corrected chi connectivity index (χ3v) is 4.11. The van der Waals surface area contributed by atoms with E-state index in [0.29, 0.717) is 12.3 Å². The van der Waals surface area contributed by atoms with Crippen molar-refractivity contribution in [3.63, 3.8) is 0 Å². The summed E-state index contributed by atoms with van der Waals surface area (Å²) < 4.78 is 1.80. The van der Waals surface area contributed by atoms with E-state index in [0.717, 1.165) is 5.16 Å². The molecule has 0 spiro atoms. The maximum atomic E-state index is 12.1. The summed E-state index contributed by atoms with van der Waals surface area (Å²) in [5, 5.41) is 8.49. The van der Waals surface area contributed by atoms with Crippen LogP contribution in [0.25, 0.3) is 0 Å². The number of carbonyl (C=O) groups excluding carboxylic acids is 1. The zero-order chi connectivity index (χ0) is 14.5. The molecule has 5 nitrogen and oxygen atoms in total. The minimum atomic E-state index is 0.0845. The van der Waals surface area contributed by atoms with Gasteiger partial charge in [0.1, 0.15) is 6.33 Å². The van der Waals surface area contributed by atoms with Crippen LogP contribution in [0.15, 0.2) is 35.7 Å². The van der Waals surface area contributed by atoms with Crippen molar-refractivity contribution in [3.8, 4) is 0 Å². The van der Waals surface area contributed by atoms with Crippen LogP contribution in [0.2, 0.25) is 0 Å². The molecule has 0 radical (unpaired) electrons. The van der Waals surface area contributed by atoms with Crippen LogP contribution in [0, 0.1) is 6.92 Å². The standard InChI is InChI=1S/C14H18N4OS/c1-11-6-4-5-7-12(11)8-17(2)13(19)9-20-14-16-15-10-18(14)3/h4-7,10H,8-9H2,1-3H3. The van der Waals surface area contributed by atoms with Gasteiger partial charge in [0, 0.05) is 20.6 Å². The van der Waals surface area contributed by atoms with Gasteiger partial charge in [0.15, 0.2) is 5.16 Å². The molecule has 0 aliphatic heterocycles. The lowest BCUT2D eigenvalue weighted by atomic mass is 10.1. The van der Waals surface area contributed by atoms with Gasteiger partial charge in [-0.3, -0.25) is 4.79 Å². The van der Waals surface area contributed by atoms with Gasteiger partial charge in [-0.2, -0.15) is 0 Å². The van der Waals surface area contributed by atoms with Crippen molar-refractivity contribution in [2.45, 2.75) is 18.6 Å². The number of aromatic nitrogens is 3. The highest BCUT2D eigenvalue weighted by molar-refractivity contribution is 7.99. The van der Waals surface area contributed by atoms with Crippen molar-refractivity contribution in [3.05, 3.63) is 41.7 Å². The van der Waals surface area contributed by atoms with Crippen LogP contribution in [-0.4, -0.2) is 38.4 Å². The van der Waals surface area contributed by atoms with Crippen molar-refractivity contribution in [2.24, 2.45) is 7.05 Å². The Morgan fingerprint density at radius 3 is 2.80 bits per heavy atom. The first-order valence-electron chi connectivity index (χ1n) is 6.33. The van der Waals surface area contributed by atoms with Gasteiger partial charge in [0.05, 0.1) is 5.75 Å². The molecule has 1 heterocycles. The molecule has 6 heteroatoms. The summed E-state index contributed by atoms with van der Waals surface area (Å²) in [5.41, 5.74) is 2.38. The van der Waals surface area contributed by atoms with Crippen molar-refractivity contribution >= 4 is 17.7 Å². The maximum absolute atomic E-state index is 12.1. The lowest BCUT2D eigenvalue weighted by Gasteiger charge is -2.18. The zero-order valence-corrected chi connectivity index (χ0v) is 12.7. The van der Waals surface area contributed by atoms with Gasteiger partial charge in [0.2, 0.25) is 5.91 Å². The number of hydrogen-bond donors (Lipinski definition) is 0. The highest BCUT2D eigenvalue weighted by Crippen LogP contribution is 2.15. The lowest BCUT2D eigenvalue weighted by Crippen LogP contribution is -2.28. The largest absolute Gasteiger partial charge is 0.341 e. The van der Waals surface area contributed by atoms with Gasteiger partial charge in [-0.15, -0.1) is 10.2 Å². The fourth-order valence-corrected chi connectivity index (χ4v) is 2.60. The molecule has 0 aliphatic carbocycles. The SMILES string of the molecule is Cc1ccccc1CN(C)C(=O)CSc1nncn1C. The second kappa shape index (κ2) is 6.56. The molecule has 106 valence electrons. The molecule has 2 rings (SSSR count). The van der Waals surface area contributed by atoms with Crippen LogP contribution in [-0.2, 0) is 18.4 Å². The fraction of sp³-hybridized carbons (Fsp3) is 0.357. The fourth-order valence-electron chi connectivity index (χ4n) is 1.77. The minimum Gasteiger partial charge on any atom is -0.341 e. The lowest BCUT2D eigenvalue weighted by molar-refractivity contribution is -0.127. The third kappa shape index (κ3) is 3.60. The monoisotopic (exact) mass is 290 g/mol. The normalized spacial score (nSPS) is 10.6. The van der Waals surface area contributed by atoms with E-state index in [1.165, 1.54) is 22.9 Å². The van der Waals surface area contributed by atoms with E-state index >= 15 is 0 Å². The van der Waals surface area contributed by atoms with Gasteiger partial charge in [-0.05, 0) is 18.1 Å². The molecule has 0 aliphatic rings. The van der Waals surface area contributed by atoms with Crippen LogP contribution in [0.4, 0.5) is 0 Å². The van der Waals surface area contributed by atoms with E-state index in [1.54, 1.807) is 15.8 Å². The van der Waals surface area contributed by atoms with Crippen LogP contribution >= 0.6 is 11.8 Å². The Balaban J connectivity index is 1.89. The average Bonchev–Trinajstić information content (AvgIpc) is 2.84. The topological polar surface area (TPSA) is 51.0 Å². The number of hydrogen-bond acceptors (Lipinski definition) is 4. The Bertz CT molecular complexity index is 596. The molecule has 20 heavy (non-hydrogen) atoms.